The van der Waals surface area contributed by atoms with E-state index in [9.17, 15) is 13.2 Å². The molecule has 22 heavy (non-hydrogen) atoms. The second kappa shape index (κ2) is 5.65. The first-order valence-electron chi connectivity index (χ1n) is 6.59. The zero-order valence-corrected chi connectivity index (χ0v) is 12.4. The van der Waals surface area contributed by atoms with E-state index in [0.29, 0.717) is 17.5 Å². The fraction of sp³-hybridized carbons (Fsp3) is 0.0625. The maximum absolute atomic E-state index is 12.1. The van der Waals surface area contributed by atoms with Gasteiger partial charge in [0.1, 0.15) is 11.5 Å². The Labute approximate surface area is 127 Å². The summed E-state index contributed by atoms with van der Waals surface area (Å²) in [6.07, 6.45) is 2.30. The van der Waals surface area contributed by atoms with Gasteiger partial charge in [0.05, 0.1) is 5.52 Å². The van der Waals surface area contributed by atoms with Crippen LogP contribution in [0.15, 0.2) is 60.8 Å². The summed E-state index contributed by atoms with van der Waals surface area (Å²) in [5, 5.41) is 0.736. The van der Waals surface area contributed by atoms with Crippen molar-refractivity contribution in [2.45, 2.75) is 5.75 Å². The zero-order chi connectivity index (χ0) is 15.6. The summed E-state index contributed by atoms with van der Waals surface area (Å²) in [7, 11) is -3.73. The second-order valence-electron chi connectivity index (χ2n) is 4.82. The Hall–Kier alpha value is -2.60. The molecule has 0 bridgehead atoms. The summed E-state index contributed by atoms with van der Waals surface area (Å²) >= 11 is 0. The number of carbonyl (C=O) groups excluding carboxylic acids is 1. The zero-order valence-electron chi connectivity index (χ0n) is 11.5. The molecule has 1 aromatic heterocycles. The van der Waals surface area contributed by atoms with Crippen LogP contribution in [0.5, 0.6) is 5.75 Å². The molecule has 0 saturated heterocycles. The standard InChI is InChI=1S/C16H13NO4S/c18-12-17-9-8-14-10-15(6-7-16(14)17)21-22(19,20)11-13-4-2-1-3-5-13/h1-10,12H,11H2. The van der Waals surface area contributed by atoms with Crippen molar-refractivity contribution in [2.75, 3.05) is 0 Å². The molecular weight excluding hydrogens is 302 g/mol. The van der Waals surface area contributed by atoms with E-state index in [0.717, 1.165) is 5.39 Å². The van der Waals surface area contributed by atoms with E-state index in [4.69, 9.17) is 4.18 Å². The molecule has 112 valence electrons. The molecule has 0 saturated carbocycles. The van der Waals surface area contributed by atoms with Crippen molar-refractivity contribution in [1.29, 1.82) is 0 Å². The molecule has 0 spiro atoms. The molecule has 3 aromatic rings. The highest BCUT2D eigenvalue weighted by molar-refractivity contribution is 7.86. The minimum absolute atomic E-state index is 0.193. The first-order chi connectivity index (χ1) is 10.6. The Balaban J connectivity index is 1.84. The average Bonchev–Trinajstić information content (AvgIpc) is 2.89. The molecule has 0 radical (unpaired) electrons. The van der Waals surface area contributed by atoms with E-state index >= 15 is 0 Å². The largest absolute Gasteiger partial charge is 0.382 e. The number of fused-ring (bicyclic) bond motifs is 1. The molecule has 0 aliphatic rings. The summed E-state index contributed by atoms with van der Waals surface area (Å²) in [4.78, 5) is 10.8. The number of hydrogen-bond donors (Lipinski definition) is 0. The van der Waals surface area contributed by atoms with Crippen molar-refractivity contribution in [2.24, 2.45) is 0 Å². The lowest BCUT2D eigenvalue weighted by Gasteiger charge is -2.07. The number of hydrogen-bond acceptors (Lipinski definition) is 4. The third-order valence-electron chi connectivity index (χ3n) is 3.21. The smallest absolute Gasteiger partial charge is 0.313 e. The highest BCUT2D eigenvalue weighted by Crippen LogP contribution is 2.23. The number of aromatic nitrogens is 1. The average molecular weight is 315 g/mol. The molecule has 2 aromatic carbocycles. The first kappa shape index (κ1) is 14.3. The fourth-order valence-electron chi connectivity index (χ4n) is 2.24. The molecule has 3 rings (SSSR count). The van der Waals surface area contributed by atoms with Crippen molar-refractivity contribution < 1.29 is 17.4 Å². The Morgan fingerprint density at radius 2 is 1.82 bits per heavy atom. The van der Waals surface area contributed by atoms with Gasteiger partial charge in [0.15, 0.2) is 0 Å². The van der Waals surface area contributed by atoms with Gasteiger partial charge >= 0.3 is 10.1 Å². The Morgan fingerprint density at radius 3 is 2.55 bits per heavy atom. The van der Waals surface area contributed by atoms with Gasteiger partial charge in [-0.3, -0.25) is 9.36 Å². The summed E-state index contributed by atoms with van der Waals surface area (Å²) in [6, 6.07) is 15.3. The van der Waals surface area contributed by atoms with E-state index in [-0.39, 0.29) is 11.5 Å². The molecule has 0 amide bonds. The van der Waals surface area contributed by atoms with E-state index < -0.39 is 10.1 Å². The minimum atomic E-state index is -3.73. The predicted molar refractivity (Wildman–Crippen MR) is 83.8 cm³/mol. The van der Waals surface area contributed by atoms with Gasteiger partial charge in [-0.05, 0) is 29.8 Å². The van der Waals surface area contributed by atoms with Gasteiger partial charge in [-0.25, -0.2) is 0 Å². The van der Waals surface area contributed by atoms with Crippen LogP contribution >= 0.6 is 0 Å². The highest BCUT2D eigenvalue weighted by Gasteiger charge is 2.14. The normalized spacial score (nSPS) is 11.5. The van der Waals surface area contributed by atoms with Gasteiger partial charge in [0.25, 0.3) is 0 Å². The van der Waals surface area contributed by atoms with E-state index in [1.165, 1.54) is 10.6 Å². The van der Waals surface area contributed by atoms with Crippen LogP contribution in [0.1, 0.15) is 5.56 Å². The SMILES string of the molecule is O=Cn1ccc2cc(OS(=O)(=O)Cc3ccccc3)ccc21. The molecule has 0 atom stereocenters. The second-order valence-corrected chi connectivity index (χ2v) is 6.39. The van der Waals surface area contributed by atoms with Crippen LogP contribution in [-0.2, 0) is 20.7 Å². The van der Waals surface area contributed by atoms with Crippen molar-refractivity contribution >= 4 is 27.4 Å². The van der Waals surface area contributed by atoms with Crippen LogP contribution in [-0.4, -0.2) is 19.4 Å². The summed E-state index contributed by atoms with van der Waals surface area (Å²) in [5.74, 6) is 0.0356. The van der Waals surface area contributed by atoms with Crippen LogP contribution < -0.4 is 4.18 Å². The monoisotopic (exact) mass is 315 g/mol. The topological polar surface area (TPSA) is 65.4 Å². The van der Waals surface area contributed by atoms with Gasteiger partial charge in [0.2, 0.25) is 6.41 Å². The van der Waals surface area contributed by atoms with E-state index in [1.807, 2.05) is 6.07 Å². The third-order valence-corrected chi connectivity index (χ3v) is 4.35. The number of rotatable bonds is 5. The van der Waals surface area contributed by atoms with Crippen molar-refractivity contribution in [1.82, 2.24) is 4.57 Å². The van der Waals surface area contributed by atoms with Gasteiger partial charge < -0.3 is 4.18 Å². The van der Waals surface area contributed by atoms with E-state index in [2.05, 4.69) is 0 Å². The van der Waals surface area contributed by atoms with Gasteiger partial charge in [-0.15, -0.1) is 0 Å². The maximum atomic E-state index is 12.1. The Bertz CT molecular complexity index is 914. The quantitative estimate of drug-likeness (QED) is 0.536. The van der Waals surface area contributed by atoms with Gasteiger partial charge in [-0.2, -0.15) is 8.42 Å². The summed E-state index contributed by atoms with van der Waals surface area (Å²) < 4.78 is 30.7. The Morgan fingerprint density at radius 1 is 1.05 bits per heavy atom. The van der Waals surface area contributed by atoms with Crippen LogP contribution in [0.3, 0.4) is 0 Å². The molecule has 0 unspecified atom stereocenters. The third kappa shape index (κ3) is 3.01. The number of nitrogens with zero attached hydrogens (tertiary/aromatic N) is 1. The van der Waals surface area contributed by atoms with Gasteiger partial charge in [0, 0.05) is 11.6 Å². The van der Waals surface area contributed by atoms with Crippen LogP contribution in [0.4, 0.5) is 0 Å². The lowest BCUT2D eigenvalue weighted by Crippen LogP contribution is -2.12. The molecule has 5 nitrogen and oxygen atoms in total. The Kier molecular flexibility index (Phi) is 3.68. The van der Waals surface area contributed by atoms with Crippen molar-refractivity contribution in [3.63, 3.8) is 0 Å². The number of benzene rings is 2. The molecule has 0 N–H and O–H groups in total. The van der Waals surface area contributed by atoms with E-state index in [1.54, 1.807) is 48.7 Å². The van der Waals surface area contributed by atoms with Crippen LogP contribution in [0.25, 0.3) is 10.9 Å². The molecular formula is C16H13NO4S. The minimum Gasteiger partial charge on any atom is -0.382 e. The van der Waals surface area contributed by atoms with Crippen molar-refractivity contribution in [3.8, 4) is 5.75 Å². The number of carbonyl (C=O) groups is 1. The molecule has 0 aliphatic carbocycles. The molecule has 0 fully saturated rings. The van der Waals surface area contributed by atoms with Crippen LogP contribution in [0.2, 0.25) is 0 Å². The van der Waals surface area contributed by atoms with Crippen LogP contribution in [0, 0.1) is 0 Å². The summed E-state index contributed by atoms with van der Waals surface area (Å²) in [6.45, 7) is 0. The molecule has 6 heteroatoms. The van der Waals surface area contributed by atoms with Crippen molar-refractivity contribution in [3.05, 3.63) is 66.4 Å². The molecule has 0 aliphatic heterocycles. The fourth-order valence-corrected chi connectivity index (χ4v) is 3.30. The van der Waals surface area contributed by atoms with Gasteiger partial charge in [-0.1, -0.05) is 30.3 Å². The summed E-state index contributed by atoms with van der Waals surface area (Å²) in [5.41, 5.74) is 1.36. The predicted octanol–water partition coefficient (Wildman–Crippen LogP) is 2.59. The lowest BCUT2D eigenvalue weighted by atomic mass is 10.2. The first-order valence-corrected chi connectivity index (χ1v) is 8.17. The maximum Gasteiger partial charge on any atom is 0.313 e. The lowest BCUT2D eigenvalue weighted by molar-refractivity contribution is 0.485. The highest BCUT2D eigenvalue weighted by atomic mass is 32.2. The molecule has 1 heterocycles.